The smallest absolute Gasteiger partial charge is 0.337 e. The van der Waals surface area contributed by atoms with E-state index in [0.717, 1.165) is 0 Å². The normalized spacial score (nSPS) is 10.1. The van der Waals surface area contributed by atoms with Gasteiger partial charge in [0, 0.05) is 11.8 Å². The van der Waals surface area contributed by atoms with Gasteiger partial charge in [0.25, 0.3) is 0 Å². The van der Waals surface area contributed by atoms with Crippen LogP contribution in [0.25, 0.3) is 11.3 Å². The number of aromatic carboxylic acids is 1. The molecule has 92 valence electrons. The Morgan fingerprint density at radius 3 is 2.78 bits per heavy atom. The van der Waals surface area contributed by atoms with Crippen LogP contribution in [0.5, 0.6) is 5.75 Å². The number of nitrogens with zero attached hydrogens (tertiary/aromatic N) is 1. The average Bonchev–Trinajstić information content (AvgIpc) is 2.38. The molecule has 1 aromatic heterocycles. The maximum atomic E-state index is 11.1. The molecule has 0 aliphatic rings. The third-order valence-corrected chi connectivity index (χ3v) is 2.76. The largest absolute Gasteiger partial charge is 0.495 e. The molecule has 0 saturated carbocycles. The molecule has 18 heavy (non-hydrogen) atoms. The van der Waals surface area contributed by atoms with Gasteiger partial charge in [-0.15, -0.1) is 0 Å². The Bertz CT molecular complexity index is 599. The highest BCUT2D eigenvalue weighted by molar-refractivity contribution is 6.32. The fraction of sp³-hybridized carbons (Fsp3) is 0.0769. The van der Waals surface area contributed by atoms with Crippen LogP contribution in [0, 0.1) is 0 Å². The molecule has 1 aromatic carbocycles. The number of aromatic nitrogens is 1. The molecule has 1 N–H and O–H groups in total. The lowest BCUT2D eigenvalue weighted by atomic mass is 10.1. The number of benzene rings is 1. The minimum Gasteiger partial charge on any atom is -0.495 e. The summed E-state index contributed by atoms with van der Waals surface area (Å²) < 4.78 is 5.04. The molecule has 0 aliphatic heterocycles. The molecule has 2 aromatic rings. The summed E-state index contributed by atoms with van der Waals surface area (Å²) in [4.78, 5) is 15.2. The van der Waals surface area contributed by atoms with Crippen molar-refractivity contribution in [3.8, 4) is 17.0 Å². The maximum absolute atomic E-state index is 11.1. The quantitative estimate of drug-likeness (QED) is 0.924. The van der Waals surface area contributed by atoms with Crippen molar-refractivity contribution in [1.29, 1.82) is 0 Å². The van der Waals surface area contributed by atoms with E-state index in [1.165, 1.54) is 13.2 Å². The standard InChI is InChI=1S/C13H10ClNO3/c1-18-11-5-4-8(7-10(11)14)12-9(13(16)17)3-2-6-15-12/h2-7H,1H3,(H,16,17). The van der Waals surface area contributed by atoms with Gasteiger partial charge in [0.2, 0.25) is 0 Å². The van der Waals surface area contributed by atoms with Gasteiger partial charge >= 0.3 is 5.97 Å². The van der Waals surface area contributed by atoms with Gasteiger partial charge in [-0.05, 0) is 30.3 Å². The van der Waals surface area contributed by atoms with Gasteiger partial charge in [0.15, 0.2) is 0 Å². The number of halogens is 1. The minimum atomic E-state index is -1.02. The van der Waals surface area contributed by atoms with E-state index in [2.05, 4.69) is 4.98 Å². The van der Waals surface area contributed by atoms with Gasteiger partial charge in [-0.1, -0.05) is 11.6 Å². The number of carboxylic acid groups (broad SMARTS) is 1. The Balaban J connectivity index is 2.55. The second kappa shape index (κ2) is 5.06. The Kier molecular flexibility index (Phi) is 3.48. The summed E-state index contributed by atoms with van der Waals surface area (Å²) >= 11 is 6.01. The van der Waals surface area contributed by atoms with Gasteiger partial charge in [-0.2, -0.15) is 0 Å². The van der Waals surface area contributed by atoms with Gasteiger partial charge in [-0.25, -0.2) is 4.79 Å². The maximum Gasteiger partial charge on any atom is 0.337 e. The van der Waals surface area contributed by atoms with E-state index < -0.39 is 5.97 Å². The molecule has 0 atom stereocenters. The zero-order valence-corrected chi connectivity index (χ0v) is 10.3. The monoisotopic (exact) mass is 263 g/mol. The molecule has 2 rings (SSSR count). The summed E-state index contributed by atoms with van der Waals surface area (Å²) in [5.41, 5.74) is 1.16. The fourth-order valence-electron chi connectivity index (χ4n) is 1.62. The van der Waals surface area contributed by atoms with E-state index in [1.54, 1.807) is 30.5 Å². The van der Waals surface area contributed by atoms with E-state index >= 15 is 0 Å². The van der Waals surface area contributed by atoms with E-state index in [9.17, 15) is 4.79 Å². The first kappa shape index (κ1) is 12.4. The highest BCUT2D eigenvalue weighted by Gasteiger charge is 2.13. The number of methoxy groups -OCH3 is 1. The van der Waals surface area contributed by atoms with Crippen LogP contribution in [-0.4, -0.2) is 23.2 Å². The molecule has 4 nitrogen and oxygen atoms in total. The summed E-state index contributed by atoms with van der Waals surface area (Å²) in [7, 11) is 1.52. The third-order valence-electron chi connectivity index (χ3n) is 2.46. The molecular formula is C13H10ClNO3. The van der Waals surface area contributed by atoms with Crippen molar-refractivity contribution in [3.05, 3.63) is 47.1 Å². The summed E-state index contributed by atoms with van der Waals surface area (Å²) in [6, 6.07) is 8.12. The highest BCUT2D eigenvalue weighted by atomic mass is 35.5. The van der Waals surface area contributed by atoms with Crippen molar-refractivity contribution in [1.82, 2.24) is 4.98 Å². The molecule has 0 unspecified atom stereocenters. The lowest BCUT2D eigenvalue weighted by Crippen LogP contribution is -2.01. The molecule has 1 heterocycles. The molecule has 0 spiro atoms. The number of pyridine rings is 1. The second-order valence-corrected chi connectivity index (χ2v) is 3.96. The average molecular weight is 264 g/mol. The fourth-order valence-corrected chi connectivity index (χ4v) is 1.88. The van der Waals surface area contributed by atoms with E-state index in [-0.39, 0.29) is 5.56 Å². The van der Waals surface area contributed by atoms with Gasteiger partial charge in [0.05, 0.1) is 23.4 Å². The van der Waals surface area contributed by atoms with Crippen molar-refractivity contribution in [2.75, 3.05) is 7.11 Å². The van der Waals surface area contributed by atoms with Crippen molar-refractivity contribution < 1.29 is 14.6 Å². The van der Waals surface area contributed by atoms with E-state index in [1.807, 2.05) is 0 Å². The second-order valence-electron chi connectivity index (χ2n) is 3.55. The molecule has 0 aliphatic carbocycles. The molecule has 5 heteroatoms. The minimum absolute atomic E-state index is 0.138. The Labute approximate surface area is 109 Å². The zero-order valence-electron chi connectivity index (χ0n) is 9.55. The summed E-state index contributed by atoms with van der Waals surface area (Å²) in [5, 5.41) is 9.51. The first-order valence-electron chi connectivity index (χ1n) is 5.15. The van der Waals surface area contributed by atoms with Crippen LogP contribution < -0.4 is 4.74 Å². The number of carboxylic acids is 1. The summed E-state index contributed by atoms with van der Waals surface area (Å²) in [6.45, 7) is 0. The van der Waals surface area contributed by atoms with Crippen LogP contribution in [0.3, 0.4) is 0 Å². The van der Waals surface area contributed by atoms with Crippen LogP contribution >= 0.6 is 11.6 Å². The van der Waals surface area contributed by atoms with Gasteiger partial charge < -0.3 is 9.84 Å². The summed E-state index contributed by atoms with van der Waals surface area (Å²) in [5.74, 6) is -0.488. The van der Waals surface area contributed by atoms with Crippen LogP contribution in [0.1, 0.15) is 10.4 Å². The molecule has 0 bridgehead atoms. The van der Waals surface area contributed by atoms with Crippen LogP contribution in [0.4, 0.5) is 0 Å². The highest BCUT2D eigenvalue weighted by Crippen LogP contribution is 2.30. The Morgan fingerprint density at radius 1 is 1.39 bits per heavy atom. The van der Waals surface area contributed by atoms with Gasteiger partial charge in [-0.3, -0.25) is 4.98 Å². The number of rotatable bonds is 3. The zero-order chi connectivity index (χ0) is 13.1. The molecule has 0 saturated heterocycles. The summed E-state index contributed by atoms with van der Waals surface area (Å²) in [6.07, 6.45) is 1.54. The van der Waals surface area contributed by atoms with Crippen LogP contribution in [0.15, 0.2) is 36.5 Å². The lowest BCUT2D eigenvalue weighted by Gasteiger charge is -2.07. The SMILES string of the molecule is COc1ccc(-c2ncccc2C(=O)O)cc1Cl. The number of hydrogen-bond donors (Lipinski definition) is 1. The Hall–Kier alpha value is -2.07. The number of carbonyl (C=O) groups is 1. The number of ether oxygens (including phenoxy) is 1. The van der Waals surface area contributed by atoms with Crippen molar-refractivity contribution in [2.24, 2.45) is 0 Å². The first-order chi connectivity index (χ1) is 8.63. The topological polar surface area (TPSA) is 59.4 Å². The first-order valence-corrected chi connectivity index (χ1v) is 5.53. The number of hydrogen-bond acceptors (Lipinski definition) is 3. The van der Waals surface area contributed by atoms with E-state index in [0.29, 0.717) is 22.0 Å². The van der Waals surface area contributed by atoms with Crippen LogP contribution in [-0.2, 0) is 0 Å². The molecule has 0 fully saturated rings. The Morgan fingerprint density at radius 2 is 2.17 bits per heavy atom. The van der Waals surface area contributed by atoms with E-state index in [4.69, 9.17) is 21.4 Å². The third kappa shape index (κ3) is 2.28. The van der Waals surface area contributed by atoms with Crippen molar-refractivity contribution in [2.45, 2.75) is 0 Å². The van der Waals surface area contributed by atoms with Crippen LogP contribution in [0.2, 0.25) is 5.02 Å². The molecule has 0 amide bonds. The van der Waals surface area contributed by atoms with Crippen molar-refractivity contribution >= 4 is 17.6 Å². The predicted molar refractivity (Wildman–Crippen MR) is 68.2 cm³/mol. The molecular weight excluding hydrogens is 254 g/mol. The molecule has 0 radical (unpaired) electrons. The van der Waals surface area contributed by atoms with Gasteiger partial charge in [0.1, 0.15) is 5.75 Å². The van der Waals surface area contributed by atoms with Crippen molar-refractivity contribution in [3.63, 3.8) is 0 Å². The lowest BCUT2D eigenvalue weighted by molar-refractivity contribution is 0.0697. The predicted octanol–water partition coefficient (Wildman–Crippen LogP) is 3.11.